The van der Waals surface area contributed by atoms with Crippen molar-refractivity contribution in [1.82, 2.24) is 15.2 Å². The average Bonchev–Trinajstić information content (AvgIpc) is 3.24. The number of ether oxygens (including phenoxy) is 1. The maximum absolute atomic E-state index is 13.7. The molecule has 2 heterocycles. The van der Waals surface area contributed by atoms with Gasteiger partial charge in [0.05, 0.1) is 13.2 Å². The monoisotopic (exact) mass is 504 g/mol. The van der Waals surface area contributed by atoms with Crippen molar-refractivity contribution < 1.29 is 14.3 Å². The van der Waals surface area contributed by atoms with E-state index in [1.807, 2.05) is 12.1 Å². The van der Waals surface area contributed by atoms with Gasteiger partial charge < -0.3 is 20.8 Å². The number of carbonyl (C=O) groups is 2. The molecule has 0 radical (unpaired) electrons. The van der Waals surface area contributed by atoms with Crippen LogP contribution in [0.1, 0.15) is 62.4 Å². The summed E-state index contributed by atoms with van der Waals surface area (Å²) < 4.78 is 4.99. The highest BCUT2D eigenvalue weighted by atomic mass is 16.5. The summed E-state index contributed by atoms with van der Waals surface area (Å²) >= 11 is 0. The molecule has 7 heteroatoms. The van der Waals surface area contributed by atoms with Gasteiger partial charge in [-0.1, -0.05) is 63.2 Å². The van der Waals surface area contributed by atoms with E-state index in [2.05, 4.69) is 72.4 Å². The molecule has 198 valence electrons. The Kier molecular flexibility index (Phi) is 8.35. The maximum atomic E-state index is 13.7. The molecule has 2 aromatic carbocycles. The molecule has 0 fully saturated rings. The Hall–Kier alpha value is -3.16. The van der Waals surface area contributed by atoms with E-state index in [1.54, 1.807) is 0 Å². The minimum absolute atomic E-state index is 0.0815. The fraction of sp³-hybridized carbons (Fsp3) is 0.467. The molecule has 4 rings (SSSR count). The first-order valence-corrected chi connectivity index (χ1v) is 13.2. The van der Waals surface area contributed by atoms with E-state index in [-0.39, 0.29) is 11.3 Å². The normalized spacial score (nSPS) is 16.8. The van der Waals surface area contributed by atoms with Crippen molar-refractivity contribution in [3.05, 3.63) is 70.9 Å². The van der Waals surface area contributed by atoms with E-state index < -0.39 is 18.1 Å². The summed E-state index contributed by atoms with van der Waals surface area (Å²) in [6.07, 6.45) is 2.62. The van der Waals surface area contributed by atoms with Crippen molar-refractivity contribution >= 4 is 22.8 Å². The SMILES string of the molecule is COC(=O)C(CCCCN)NC(=O)C1Cc2c([nH]c3ccccc23)CN1Cc1ccc(C(C)(C)C)cc1. The molecule has 0 aliphatic carbocycles. The minimum Gasteiger partial charge on any atom is -0.467 e. The number of esters is 1. The summed E-state index contributed by atoms with van der Waals surface area (Å²) in [5, 5.41) is 4.16. The predicted molar refractivity (Wildman–Crippen MR) is 147 cm³/mol. The van der Waals surface area contributed by atoms with Crippen LogP contribution in [-0.4, -0.2) is 47.5 Å². The largest absolute Gasteiger partial charge is 0.467 e. The number of nitrogens with zero attached hydrogens (tertiary/aromatic N) is 1. The smallest absolute Gasteiger partial charge is 0.328 e. The lowest BCUT2D eigenvalue weighted by molar-refractivity contribution is -0.146. The molecule has 1 aliphatic heterocycles. The highest BCUT2D eigenvalue weighted by molar-refractivity contribution is 5.90. The molecule has 0 spiro atoms. The molecule has 0 saturated heterocycles. The molecule has 0 saturated carbocycles. The van der Waals surface area contributed by atoms with E-state index in [0.717, 1.165) is 35.0 Å². The third kappa shape index (κ3) is 6.22. The number of nitrogens with two attached hydrogens (primary N) is 1. The van der Waals surface area contributed by atoms with Crippen molar-refractivity contribution in [2.24, 2.45) is 5.73 Å². The molecular formula is C30H40N4O3. The zero-order valence-corrected chi connectivity index (χ0v) is 22.5. The first kappa shape index (κ1) is 26.9. The Morgan fingerprint density at radius 3 is 2.54 bits per heavy atom. The minimum atomic E-state index is -0.679. The summed E-state index contributed by atoms with van der Waals surface area (Å²) in [6, 6.07) is 15.8. The molecule has 2 atom stereocenters. The van der Waals surface area contributed by atoms with Crippen LogP contribution in [0.5, 0.6) is 0 Å². The lowest BCUT2D eigenvalue weighted by atomic mass is 9.86. The first-order chi connectivity index (χ1) is 17.7. The number of fused-ring (bicyclic) bond motifs is 3. The molecule has 37 heavy (non-hydrogen) atoms. The molecule has 7 nitrogen and oxygen atoms in total. The van der Waals surface area contributed by atoms with Crippen LogP contribution >= 0.6 is 0 Å². The van der Waals surface area contributed by atoms with Gasteiger partial charge in [-0.2, -0.15) is 0 Å². The van der Waals surface area contributed by atoms with Gasteiger partial charge in [-0.25, -0.2) is 4.79 Å². The molecule has 4 N–H and O–H groups in total. The first-order valence-electron chi connectivity index (χ1n) is 13.2. The Balaban J connectivity index is 1.61. The molecular weight excluding hydrogens is 464 g/mol. The number of nitrogens with one attached hydrogen (secondary N) is 2. The standard InChI is InChI=1S/C30H40N4O3/c1-30(2,3)21-14-12-20(13-15-21)18-34-19-26-23(22-9-5-6-10-24(22)32-26)17-27(34)28(35)33-25(29(36)37-4)11-7-8-16-31/h5-6,9-10,12-15,25,27,32H,7-8,11,16-19,31H2,1-4H3,(H,33,35). The fourth-order valence-electron chi connectivity index (χ4n) is 5.18. The van der Waals surface area contributed by atoms with Crippen LogP contribution in [0.25, 0.3) is 10.9 Å². The number of benzene rings is 2. The van der Waals surface area contributed by atoms with Gasteiger partial charge in [-0.3, -0.25) is 9.69 Å². The Morgan fingerprint density at radius 2 is 1.86 bits per heavy atom. The molecule has 1 amide bonds. The van der Waals surface area contributed by atoms with Gasteiger partial charge in [0.15, 0.2) is 0 Å². The summed E-state index contributed by atoms with van der Waals surface area (Å²) in [6.45, 7) is 8.42. The quantitative estimate of drug-likeness (QED) is 0.300. The number of aromatic amines is 1. The predicted octanol–water partition coefficient (Wildman–Crippen LogP) is 4.18. The van der Waals surface area contributed by atoms with Gasteiger partial charge in [0.2, 0.25) is 5.91 Å². The van der Waals surface area contributed by atoms with Crippen molar-refractivity contribution in [2.45, 2.75) is 77.0 Å². The van der Waals surface area contributed by atoms with E-state index in [0.29, 0.717) is 32.5 Å². The van der Waals surface area contributed by atoms with Gasteiger partial charge in [0, 0.05) is 29.7 Å². The van der Waals surface area contributed by atoms with Gasteiger partial charge in [0.1, 0.15) is 6.04 Å². The van der Waals surface area contributed by atoms with Gasteiger partial charge >= 0.3 is 5.97 Å². The summed E-state index contributed by atoms with van der Waals surface area (Å²) in [7, 11) is 1.36. The number of amides is 1. The van der Waals surface area contributed by atoms with Gasteiger partial charge in [0.25, 0.3) is 0 Å². The van der Waals surface area contributed by atoms with Crippen LogP contribution < -0.4 is 11.1 Å². The van der Waals surface area contributed by atoms with Crippen molar-refractivity contribution in [3.8, 4) is 0 Å². The number of unbranched alkanes of at least 4 members (excludes halogenated alkanes) is 1. The zero-order valence-electron chi connectivity index (χ0n) is 22.5. The van der Waals surface area contributed by atoms with E-state index in [4.69, 9.17) is 10.5 Å². The van der Waals surface area contributed by atoms with E-state index >= 15 is 0 Å². The van der Waals surface area contributed by atoms with Crippen LogP contribution in [0, 0.1) is 0 Å². The number of carbonyl (C=O) groups excluding carboxylic acids is 2. The van der Waals surface area contributed by atoms with Crippen LogP contribution in [0.15, 0.2) is 48.5 Å². The van der Waals surface area contributed by atoms with Crippen molar-refractivity contribution in [1.29, 1.82) is 0 Å². The third-order valence-electron chi connectivity index (χ3n) is 7.36. The van der Waals surface area contributed by atoms with Crippen LogP contribution in [0.4, 0.5) is 0 Å². The van der Waals surface area contributed by atoms with Gasteiger partial charge in [-0.05, 0) is 60.4 Å². The topological polar surface area (TPSA) is 100 Å². The maximum Gasteiger partial charge on any atom is 0.328 e. The number of rotatable bonds is 9. The highest BCUT2D eigenvalue weighted by Gasteiger charge is 2.35. The highest BCUT2D eigenvalue weighted by Crippen LogP contribution is 2.32. The molecule has 1 aromatic heterocycles. The Labute approximate surface area is 219 Å². The Morgan fingerprint density at radius 1 is 1.14 bits per heavy atom. The number of hydrogen-bond acceptors (Lipinski definition) is 5. The lowest BCUT2D eigenvalue weighted by Gasteiger charge is -2.35. The molecule has 1 aliphatic rings. The number of para-hydroxylation sites is 1. The van der Waals surface area contributed by atoms with E-state index in [1.165, 1.54) is 18.2 Å². The third-order valence-corrected chi connectivity index (χ3v) is 7.36. The van der Waals surface area contributed by atoms with Crippen LogP contribution in [0.3, 0.4) is 0 Å². The lowest BCUT2D eigenvalue weighted by Crippen LogP contribution is -2.53. The second-order valence-electron chi connectivity index (χ2n) is 11.1. The summed E-state index contributed by atoms with van der Waals surface area (Å²) in [4.78, 5) is 31.9. The van der Waals surface area contributed by atoms with Crippen molar-refractivity contribution in [2.75, 3.05) is 13.7 Å². The summed E-state index contributed by atoms with van der Waals surface area (Å²) in [5.41, 5.74) is 11.5. The number of H-pyrrole nitrogens is 1. The second-order valence-corrected chi connectivity index (χ2v) is 11.1. The summed E-state index contributed by atoms with van der Waals surface area (Å²) in [5.74, 6) is -0.566. The molecule has 0 bridgehead atoms. The average molecular weight is 505 g/mol. The number of methoxy groups -OCH3 is 1. The number of hydrogen-bond donors (Lipinski definition) is 3. The van der Waals surface area contributed by atoms with E-state index in [9.17, 15) is 9.59 Å². The Bertz CT molecular complexity index is 1230. The fourth-order valence-corrected chi connectivity index (χ4v) is 5.18. The second kappa shape index (κ2) is 11.5. The van der Waals surface area contributed by atoms with Gasteiger partial charge in [-0.15, -0.1) is 0 Å². The van der Waals surface area contributed by atoms with Crippen molar-refractivity contribution in [3.63, 3.8) is 0 Å². The molecule has 2 unspecified atom stereocenters. The van der Waals surface area contributed by atoms with Crippen LogP contribution in [-0.2, 0) is 39.3 Å². The molecule has 3 aromatic rings. The van der Waals surface area contributed by atoms with Crippen LogP contribution in [0.2, 0.25) is 0 Å². The number of aromatic nitrogens is 1. The zero-order chi connectivity index (χ0) is 26.6.